The van der Waals surface area contributed by atoms with Crippen molar-refractivity contribution in [2.45, 2.75) is 26.0 Å². The van der Waals surface area contributed by atoms with Crippen molar-refractivity contribution in [3.05, 3.63) is 64.7 Å². The zero-order valence-electron chi connectivity index (χ0n) is 12.5. The van der Waals surface area contributed by atoms with Gasteiger partial charge in [0, 0.05) is 6.54 Å². The molecule has 0 aliphatic heterocycles. The number of hydrogen-bond donors (Lipinski definition) is 1. The quantitative estimate of drug-likeness (QED) is 0.860. The molecule has 0 saturated heterocycles. The van der Waals surface area contributed by atoms with Crippen LogP contribution in [0.3, 0.4) is 0 Å². The van der Waals surface area contributed by atoms with Crippen LogP contribution in [0.5, 0.6) is 5.75 Å². The number of hydrogen-bond acceptors (Lipinski definition) is 2. The Morgan fingerprint density at radius 1 is 1.17 bits per heavy atom. The number of halogens is 3. The molecule has 0 aromatic heterocycles. The summed E-state index contributed by atoms with van der Waals surface area (Å²) in [4.78, 5) is 12.2. The zero-order valence-corrected chi connectivity index (χ0v) is 13.2. The largest absolute Gasteiger partial charge is 0.479 e. The van der Waals surface area contributed by atoms with Crippen LogP contribution in [-0.2, 0) is 11.3 Å². The van der Waals surface area contributed by atoms with E-state index in [-0.39, 0.29) is 29.0 Å². The maximum absolute atomic E-state index is 13.0. The third-order valence-corrected chi connectivity index (χ3v) is 3.50. The molecular weight excluding hydrogens is 324 g/mol. The first-order chi connectivity index (χ1) is 11.0. The number of ether oxygens (including phenoxy) is 1. The van der Waals surface area contributed by atoms with Gasteiger partial charge in [0.1, 0.15) is 17.4 Å². The van der Waals surface area contributed by atoms with Crippen molar-refractivity contribution in [3.8, 4) is 5.75 Å². The topological polar surface area (TPSA) is 38.3 Å². The average Bonchev–Trinajstić information content (AvgIpc) is 2.53. The van der Waals surface area contributed by atoms with Gasteiger partial charge < -0.3 is 10.1 Å². The first kappa shape index (κ1) is 17.2. The maximum Gasteiger partial charge on any atom is 0.261 e. The summed E-state index contributed by atoms with van der Waals surface area (Å²) in [7, 11) is 0. The van der Waals surface area contributed by atoms with Crippen LogP contribution in [0, 0.1) is 11.6 Å². The summed E-state index contributed by atoms with van der Waals surface area (Å²) in [5.41, 5.74) is 0.773. The van der Waals surface area contributed by atoms with Gasteiger partial charge in [0.15, 0.2) is 6.10 Å². The molecule has 1 amide bonds. The Kier molecular flexibility index (Phi) is 5.93. The van der Waals surface area contributed by atoms with Gasteiger partial charge in [-0.1, -0.05) is 30.7 Å². The second-order valence-corrected chi connectivity index (χ2v) is 5.34. The smallest absolute Gasteiger partial charge is 0.261 e. The van der Waals surface area contributed by atoms with E-state index in [1.54, 1.807) is 19.1 Å². The summed E-state index contributed by atoms with van der Waals surface area (Å²) in [5, 5.41) is 2.82. The second-order valence-electron chi connectivity index (χ2n) is 4.93. The standard InChI is InChI=1S/C17H16ClF2NO2/c1-2-15(23-16-8-7-13(20)9-14(16)18)17(22)21-10-11-3-5-12(19)6-4-11/h3-9,15H,2,10H2,1H3,(H,21,22). The van der Waals surface area contributed by atoms with Crippen molar-refractivity contribution < 1.29 is 18.3 Å². The van der Waals surface area contributed by atoms with E-state index in [9.17, 15) is 13.6 Å². The molecule has 0 fully saturated rings. The fourth-order valence-electron chi connectivity index (χ4n) is 1.95. The van der Waals surface area contributed by atoms with E-state index in [1.165, 1.54) is 24.3 Å². The predicted molar refractivity (Wildman–Crippen MR) is 84.4 cm³/mol. The number of nitrogens with one attached hydrogen (secondary N) is 1. The lowest BCUT2D eigenvalue weighted by Gasteiger charge is -2.18. The molecule has 2 aromatic rings. The predicted octanol–water partition coefficient (Wildman–Crippen LogP) is 4.09. The summed E-state index contributed by atoms with van der Waals surface area (Å²) < 4.78 is 31.4. The van der Waals surface area contributed by atoms with E-state index in [0.717, 1.165) is 11.6 Å². The molecule has 2 rings (SSSR count). The molecule has 1 unspecified atom stereocenters. The first-order valence-corrected chi connectivity index (χ1v) is 7.51. The third-order valence-electron chi connectivity index (χ3n) is 3.21. The molecule has 0 aliphatic rings. The Morgan fingerprint density at radius 2 is 1.83 bits per heavy atom. The number of carbonyl (C=O) groups is 1. The molecule has 0 aliphatic carbocycles. The summed E-state index contributed by atoms with van der Waals surface area (Å²) in [6.07, 6.45) is -0.332. The van der Waals surface area contributed by atoms with E-state index in [4.69, 9.17) is 16.3 Å². The van der Waals surface area contributed by atoms with Crippen molar-refractivity contribution >= 4 is 17.5 Å². The molecular formula is C17H16ClF2NO2. The minimum absolute atomic E-state index is 0.106. The van der Waals surface area contributed by atoms with Crippen LogP contribution in [0.15, 0.2) is 42.5 Å². The van der Waals surface area contributed by atoms with Gasteiger partial charge in [0.05, 0.1) is 5.02 Å². The molecule has 6 heteroatoms. The van der Waals surface area contributed by atoms with Crippen LogP contribution in [0.4, 0.5) is 8.78 Å². The van der Waals surface area contributed by atoms with E-state index in [0.29, 0.717) is 6.42 Å². The van der Waals surface area contributed by atoms with Crippen LogP contribution in [0.1, 0.15) is 18.9 Å². The molecule has 0 radical (unpaired) electrons. The lowest BCUT2D eigenvalue weighted by atomic mass is 10.2. The van der Waals surface area contributed by atoms with Crippen molar-refractivity contribution in [1.29, 1.82) is 0 Å². The molecule has 1 atom stereocenters. The second kappa shape index (κ2) is 7.92. The first-order valence-electron chi connectivity index (χ1n) is 7.13. The number of benzene rings is 2. The van der Waals surface area contributed by atoms with Crippen LogP contribution in [0.25, 0.3) is 0 Å². The van der Waals surface area contributed by atoms with Crippen LogP contribution < -0.4 is 10.1 Å². The van der Waals surface area contributed by atoms with Crippen molar-refractivity contribution in [2.75, 3.05) is 0 Å². The Labute approximate surface area is 138 Å². The molecule has 23 heavy (non-hydrogen) atoms. The normalized spacial score (nSPS) is 11.8. The minimum Gasteiger partial charge on any atom is -0.479 e. The molecule has 0 saturated carbocycles. The van der Waals surface area contributed by atoms with Gasteiger partial charge in [-0.3, -0.25) is 4.79 Å². The van der Waals surface area contributed by atoms with Gasteiger partial charge >= 0.3 is 0 Å². The van der Waals surface area contributed by atoms with Crippen LogP contribution in [-0.4, -0.2) is 12.0 Å². The molecule has 2 aromatic carbocycles. The highest BCUT2D eigenvalue weighted by Gasteiger charge is 2.19. The van der Waals surface area contributed by atoms with Gasteiger partial charge in [-0.05, 0) is 42.3 Å². The third kappa shape index (κ3) is 4.93. The van der Waals surface area contributed by atoms with Gasteiger partial charge in [-0.2, -0.15) is 0 Å². The Morgan fingerprint density at radius 3 is 2.43 bits per heavy atom. The Balaban J connectivity index is 1.96. The van der Waals surface area contributed by atoms with Gasteiger partial charge in [0.2, 0.25) is 0 Å². The van der Waals surface area contributed by atoms with E-state index >= 15 is 0 Å². The molecule has 0 spiro atoms. The van der Waals surface area contributed by atoms with Crippen molar-refractivity contribution in [3.63, 3.8) is 0 Å². The van der Waals surface area contributed by atoms with E-state index in [2.05, 4.69) is 5.32 Å². The molecule has 3 nitrogen and oxygen atoms in total. The van der Waals surface area contributed by atoms with Gasteiger partial charge in [0.25, 0.3) is 5.91 Å². The Hall–Kier alpha value is -2.14. The van der Waals surface area contributed by atoms with Crippen LogP contribution in [0.2, 0.25) is 5.02 Å². The average molecular weight is 340 g/mol. The van der Waals surface area contributed by atoms with Crippen molar-refractivity contribution in [2.24, 2.45) is 0 Å². The monoisotopic (exact) mass is 339 g/mol. The SMILES string of the molecule is CCC(Oc1ccc(F)cc1Cl)C(=O)NCc1ccc(F)cc1. The van der Waals surface area contributed by atoms with Gasteiger partial charge in [-0.15, -0.1) is 0 Å². The molecule has 0 heterocycles. The maximum atomic E-state index is 13.0. The molecule has 0 bridgehead atoms. The fourth-order valence-corrected chi connectivity index (χ4v) is 2.16. The lowest BCUT2D eigenvalue weighted by Crippen LogP contribution is -2.37. The Bertz CT molecular complexity index is 677. The zero-order chi connectivity index (χ0) is 16.8. The van der Waals surface area contributed by atoms with Crippen molar-refractivity contribution in [1.82, 2.24) is 5.32 Å². The summed E-state index contributed by atoms with van der Waals surface area (Å²) in [6, 6.07) is 9.56. The summed E-state index contributed by atoms with van der Waals surface area (Å²) in [6.45, 7) is 2.05. The number of rotatable bonds is 6. The molecule has 122 valence electrons. The van der Waals surface area contributed by atoms with E-state index < -0.39 is 11.9 Å². The molecule has 1 N–H and O–H groups in total. The summed E-state index contributed by atoms with van der Waals surface area (Å²) >= 11 is 5.89. The highest BCUT2D eigenvalue weighted by molar-refractivity contribution is 6.32. The lowest BCUT2D eigenvalue weighted by molar-refractivity contribution is -0.128. The number of amides is 1. The minimum atomic E-state index is -0.751. The highest BCUT2D eigenvalue weighted by Crippen LogP contribution is 2.26. The summed E-state index contributed by atoms with van der Waals surface area (Å²) in [5.74, 6) is -0.883. The van der Waals surface area contributed by atoms with Gasteiger partial charge in [-0.25, -0.2) is 8.78 Å². The fraction of sp³-hybridized carbons (Fsp3) is 0.235. The highest BCUT2D eigenvalue weighted by atomic mass is 35.5. The number of carbonyl (C=O) groups excluding carboxylic acids is 1. The van der Waals surface area contributed by atoms with Crippen LogP contribution >= 0.6 is 11.6 Å². The van der Waals surface area contributed by atoms with E-state index in [1.807, 2.05) is 0 Å².